The van der Waals surface area contributed by atoms with Gasteiger partial charge in [-0.05, 0) is 28.5 Å². The number of carboxylic acid groups (broad SMARTS) is 1. The Balaban J connectivity index is 2.32. The summed E-state index contributed by atoms with van der Waals surface area (Å²) in [5.41, 5.74) is 0.748. The third-order valence-corrected chi connectivity index (χ3v) is 2.60. The minimum Gasteiger partial charge on any atom is -0.508 e. The molecule has 2 rings (SSSR count). The zero-order valence-corrected chi connectivity index (χ0v) is 9.00. The molecule has 0 aliphatic heterocycles. The van der Waals surface area contributed by atoms with Crippen molar-refractivity contribution in [1.29, 1.82) is 0 Å². The number of fused-ring (bicyclic) bond motifs is 1. The van der Waals surface area contributed by atoms with Crippen molar-refractivity contribution in [2.45, 2.75) is 12.5 Å². The Morgan fingerprint density at radius 2 is 1.76 bits per heavy atom. The fourth-order valence-corrected chi connectivity index (χ4v) is 1.72. The minimum absolute atomic E-state index is 0.0755. The fourth-order valence-electron chi connectivity index (χ4n) is 1.72. The number of phenolic OH excluding ortho intramolecular Hbond substituents is 1. The number of rotatable bonds is 3. The third kappa shape index (κ3) is 2.54. The molecule has 0 saturated heterocycles. The number of aliphatic hydroxyl groups is 1. The molecule has 0 radical (unpaired) electrons. The van der Waals surface area contributed by atoms with Crippen LogP contribution in [0.1, 0.15) is 5.56 Å². The van der Waals surface area contributed by atoms with Gasteiger partial charge in [-0.2, -0.15) is 0 Å². The quantitative estimate of drug-likeness (QED) is 0.750. The van der Waals surface area contributed by atoms with Crippen LogP contribution in [0.15, 0.2) is 36.4 Å². The van der Waals surface area contributed by atoms with E-state index in [1.54, 1.807) is 36.4 Å². The first-order valence-corrected chi connectivity index (χ1v) is 5.19. The summed E-state index contributed by atoms with van der Waals surface area (Å²) in [6.45, 7) is 0. The van der Waals surface area contributed by atoms with E-state index in [9.17, 15) is 15.0 Å². The monoisotopic (exact) mass is 232 g/mol. The van der Waals surface area contributed by atoms with Gasteiger partial charge in [-0.25, -0.2) is 4.79 Å². The lowest BCUT2D eigenvalue weighted by Gasteiger charge is -2.07. The Labute approximate surface area is 97.8 Å². The van der Waals surface area contributed by atoms with Gasteiger partial charge < -0.3 is 15.3 Å². The Hall–Kier alpha value is -2.07. The van der Waals surface area contributed by atoms with E-state index in [4.69, 9.17) is 5.11 Å². The van der Waals surface area contributed by atoms with Gasteiger partial charge >= 0.3 is 5.97 Å². The van der Waals surface area contributed by atoms with Crippen LogP contribution in [0.25, 0.3) is 10.8 Å². The van der Waals surface area contributed by atoms with Crippen LogP contribution in [0, 0.1) is 0 Å². The summed E-state index contributed by atoms with van der Waals surface area (Å²) in [4.78, 5) is 10.5. The summed E-state index contributed by atoms with van der Waals surface area (Å²) in [6.07, 6.45) is -1.31. The number of hydrogen-bond acceptors (Lipinski definition) is 3. The third-order valence-electron chi connectivity index (χ3n) is 2.60. The molecule has 0 saturated carbocycles. The summed E-state index contributed by atoms with van der Waals surface area (Å²) >= 11 is 0. The van der Waals surface area contributed by atoms with Gasteiger partial charge in [-0.15, -0.1) is 0 Å². The SMILES string of the molecule is O=C(O)C(O)Cc1ccc2cc(O)ccc2c1. The molecule has 0 spiro atoms. The molecule has 0 aliphatic rings. The number of aliphatic carboxylic acids is 1. The highest BCUT2D eigenvalue weighted by molar-refractivity contribution is 5.84. The van der Waals surface area contributed by atoms with Crippen molar-refractivity contribution in [2.24, 2.45) is 0 Å². The Kier molecular flexibility index (Phi) is 2.97. The summed E-state index contributed by atoms with van der Waals surface area (Å²) in [6, 6.07) is 10.3. The molecule has 2 aromatic rings. The Morgan fingerprint density at radius 1 is 1.12 bits per heavy atom. The van der Waals surface area contributed by atoms with Crippen LogP contribution in [0.5, 0.6) is 5.75 Å². The van der Waals surface area contributed by atoms with E-state index in [-0.39, 0.29) is 12.2 Å². The first kappa shape index (κ1) is 11.4. The molecule has 0 aromatic heterocycles. The number of hydrogen-bond donors (Lipinski definition) is 3. The second kappa shape index (κ2) is 4.43. The Morgan fingerprint density at radius 3 is 2.47 bits per heavy atom. The zero-order valence-electron chi connectivity index (χ0n) is 9.00. The van der Waals surface area contributed by atoms with Crippen molar-refractivity contribution in [3.8, 4) is 5.75 Å². The van der Waals surface area contributed by atoms with Crippen LogP contribution in [0.2, 0.25) is 0 Å². The number of aliphatic hydroxyl groups excluding tert-OH is 1. The number of benzene rings is 2. The molecule has 1 atom stereocenters. The van der Waals surface area contributed by atoms with Gasteiger partial charge in [0.1, 0.15) is 5.75 Å². The predicted octanol–water partition coefficient (Wildman–Crippen LogP) is 1.53. The lowest BCUT2D eigenvalue weighted by Crippen LogP contribution is -2.21. The van der Waals surface area contributed by atoms with Crippen LogP contribution < -0.4 is 0 Å². The molecule has 0 bridgehead atoms. The Bertz CT molecular complexity index is 562. The molecule has 4 nitrogen and oxygen atoms in total. The molecule has 2 aromatic carbocycles. The van der Waals surface area contributed by atoms with E-state index in [1.807, 2.05) is 0 Å². The van der Waals surface area contributed by atoms with Crippen LogP contribution in [-0.4, -0.2) is 27.4 Å². The second-order valence-corrected chi connectivity index (χ2v) is 3.92. The summed E-state index contributed by atoms with van der Waals surface area (Å²) in [7, 11) is 0. The molecule has 0 amide bonds. The minimum atomic E-state index is -1.38. The van der Waals surface area contributed by atoms with Crippen molar-refractivity contribution in [1.82, 2.24) is 0 Å². The van der Waals surface area contributed by atoms with Gasteiger partial charge in [0.15, 0.2) is 6.10 Å². The normalized spacial score (nSPS) is 12.5. The molecule has 4 heteroatoms. The molecule has 1 unspecified atom stereocenters. The van der Waals surface area contributed by atoms with E-state index in [1.165, 1.54) is 0 Å². The summed E-state index contributed by atoms with van der Waals surface area (Å²) in [5.74, 6) is -1.04. The van der Waals surface area contributed by atoms with Gasteiger partial charge in [0.05, 0.1) is 0 Å². The van der Waals surface area contributed by atoms with Crippen molar-refractivity contribution in [2.75, 3.05) is 0 Å². The van der Waals surface area contributed by atoms with Crippen molar-refractivity contribution >= 4 is 16.7 Å². The maximum Gasteiger partial charge on any atom is 0.332 e. The van der Waals surface area contributed by atoms with E-state index < -0.39 is 12.1 Å². The van der Waals surface area contributed by atoms with E-state index >= 15 is 0 Å². The largest absolute Gasteiger partial charge is 0.508 e. The van der Waals surface area contributed by atoms with Crippen LogP contribution >= 0.6 is 0 Å². The standard InChI is InChI=1S/C13H12O4/c14-11-4-3-9-5-8(1-2-10(9)7-11)6-12(15)13(16)17/h1-5,7,12,14-15H,6H2,(H,16,17). The summed E-state index contributed by atoms with van der Waals surface area (Å²) in [5, 5.41) is 28.9. The molecular weight excluding hydrogens is 220 g/mol. The number of phenols is 1. The highest BCUT2D eigenvalue weighted by atomic mass is 16.4. The molecular formula is C13H12O4. The first-order chi connectivity index (χ1) is 8.06. The molecule has 0 fully saturated rings. The molecule has 0 aliphatic carbocycles. The van der Waals surface area contributed by atoms with Gasteiger partial charge in [0, 0.05) is 6.42 Å². The highest BCUT2D eigenvalue weighted by Gasteiger charge is 2.13. The number of carboxylic acids is 1. The smallest absolute Gasteiger partial charge is 0.332 e. The molecule has 17 heavy (non-hydrogen) atoms. The van der Waals surface area contributed by atoms with Crippen LogP contribution in [0.4, 0.5) is 0 Å². The van der Waals surface area contributed by atoms with Gasteiger partial charge in [-0.3, -0.25) is 0 Å². The maximum absolute atomic E-state index is 10.5. The van der Waals surface area contributed by atoms with Crippen molar-refractivity contribution in [3.63, 3.8) is 0 Å². The zero-order chi connectivity index (χ0) is 12.4. The topological polar surface area (TPSA) is 77.8 Å². The highest BCUT2D eigenvalue weighted by Crippen LogP contribution is 2.21. The lowest BCUT2D eigenvalue weighted by molar-refractivity contribution is -0.146. The van der Waals surface area contributed by atoms with E-state index in [0.29, 0.717) is 0 Å². The van der Waals surface area contributed by atoms with Crippen LogP contribution in [0.3, 0.4) is 0 Å². The first-order valence-electron chi connectivity index (χ1n) is 5.19. The van der Waals surface area contributed by atoms with E-state index in [0.717, 1.165) is 16.3 Å². The van der Waals surface area contributed by atoms with Gasteiger partial charge in [-0.1, -0.05) is 24.3 Å². The second-order valence-electron chi connectivity index (χ2n) is 3.92. The predicted molar refractivity (Wildman–Crippen MR) is 63.0 cm³/mol. The van der Waals surface area contributed by atoms with E-state index in [2.05, 4.69) is 0 Å². The lowest BCUT2D eigenvalue weighted by atomic mass is 10.0. The fraction of sp³-hybridized carbons (Fsp3) is 0.154. The molecule has 3 N–H and O–H groups in total. The van der Waals surface area contributed by atoms with Gasteiger partial charge in [0.2, 0.25) is 0 Å². The molecule has 0 heterocycles. The number of carbonyl (C=O) groups is 1. The van der Waals surface area contributed by atoms with Crippen LogP contribution in [-0.2, 0) is 11.2 Å². The van der Waals surface area contributed by atoms with Crippen molar-refractivity contribution < 1.29 is 20.1 Å². The number of aromatic hydroxyl groups is 1. The maximum atomic E-state index is 10.5. The average molecular weight is 232 g/mol. The average Bonchev–Trinajstić information content (AvgIpc) is 2.29. The molecule has 88 valence electrons. The van der Waals surface area contributed by atoms with Gasteiger partial charge in [0.25, 0.3) is 0 Å². The summed E-state index contributed by atoms with van der Waals surface area (Å²) < 4.78 is 0. The van der Waals surface area contributed by atoms with Crippen molar-refractivity contribution in [3.05, 3.63) is 42.0 Å².